The van der Waals surface area contributed by atoms with Crippen LogP contribution in [0.3, 0.4) is 0 Å². The van der Waals surface area contributed by atoms with Gasteiger partial charge in [0.15, 0.2) is 0 Å². The van der Waals surface area contributed by atoms with Crippen LogP contribution >= 0.6 is 0 Å². The Hall–Kier alpha value is -3.79. The summed E-state index contributed by atoms with van der Waals surface area (Å²) in [6.07, 6.45) is 0. The highest BCUT2D eigenvalue weighted by Gasteiger charge is 2.46. The van der Waals surface area contributed by atoms with Crippen LogP contribution in [0.25, 0.3) is 33.5 Å². The quantitative estimate of drug-likeness (QED) is 0.270. The molecule has 1 aromatic heterocycles. The van der Waals surface area contributed by atoms with Crippen molar-refractivity contribution in [3.8, 4) is 22.5 Å². The zero-order valence-electron chi connectivity index (χ0n) is 18.0. The third kappa shape index (κ3) is 5.34. The van der Waals surface area contributed by atoms with E-state index in [0.29, 0.717) is 22.2 Å². The van der Waals surface area contributed by atoms with Crippen LogP contribution in [0.15, 0.2) is 66.7 Å². The number of aromatic nitrogens is 2. The van der Waals surface area contributed by atoms with Crippen molar-refractivity contribution < 1.29 is 43.2 Å². The minimum Gasteiger partial charge on any atom is -0.338 e. The van der Waals surface area contributed by atoms with Crippen molar-refractivity contribution in [1.29, 1.82) is 0 Å². The number of H-pyrrole nitrogens is 1. The van der Waals surface area contributed by atoms with Crippen molar-refractivity contribution in [2.75, 3.05) is 9.44 Å². The van der Waals surface area contributed by atoms with Crippen LogP contribution in [0.5, 0.6) is 0 Å². The Balaban J connectivity index is 1.64. The number of nitrogens with zero attached hydrogens (tertiary/aromatic N) is 1. The van der Waals surface area contributed by atoms with E-state index in [2.05, 4.69) is 9.97 Å². The Labute approximate surface area is 205 Å². The molecule has 0 atom stereocenters. The number of hydrogen-bond acceptors (Lipinski definition) is 5. The van der Waals surface area contributed by atoms with Gasteiger partial charge in [-0.2, -0.15) is 43.2 Å². The second-order valence-corrected chi connectivity index (χ2v) is 10.9. The lowest BCUT2D eigenvalue weighted by atomic mass is 10.0. The highest BCUT2D eigenvalue weighted by atomic mass is 32.2. The van der Waals surface area contributed by atoms with Crippen LogP contribution in [-0.2, 0) is 20.0 Å². The summed E-state index contributed by atoms with van der Waals surface area (Å²) in [5, 5.41) is 0. The van der Waals surface area contributed by atoms with Gasteiger partial charge in [-0.05, 0) is 48.0 Å². The van der Waals surface area contributed by atoms with Crippen LogP contribution in [0.1, 0.15) is 0 Å². The van der Waals surface area contributed by atoms with Gasteiger partial charge in [-0.3, -0.25) is 9.44 Å². The number of imidazole rings is 1. The first-order chi connectivity index (χ1) is 17.1. The molecular weight excluding hydrogens is 550 g/mol. The zero-order chi connectivity index (χ0) is 27.2. The molecular formula is C21H14F6N4O4S2. The summed E-state index contributed by atoms with van der Waals surface area (Å²) in [5.74, 6) is 0.267. The van der Waals surface area contributed by atoms with Gasteiger partial charge in [-0.1, -0.05) is 24.3 Å². The Morgan fingerprint density at radius 1 is 0.703 bits per heavy atom. The summed E-state index contributed by atoms with van der Waals surface area (Å²) in [6.45, 7) is 0. The first-order valence-corrected chi connectivity index (χ1v) is 12.9. The van der Waals surface area contributed by atoms with Crippen molar-refractivity contribution in [3.63, 3.8) is 0 Å². The summed E-state index contributed by atoms with van der Waals surface area (Å²) in [4.78, 5) is 7.30. The highest BCUT2D eigenvalue weighted by Crippen LogP contribution is 2.34. The average molecular weight is 564 g/mol. The molecule has 0 radical (unpaired) electrons. The number of alkyl halides is 6. The van der Waals surface area contributed by atoms with Crippen molar-refractivity contribution in [2.45, 2.75) is 11.0 Å². The second kappa shape index (κ2) is 8.95. The molecule has 0 spiro atoms. The molecule has 16 heteroatoms. The molecule has 0 bridgehead atoms. The molecule has 3 N–H and O–H groups in total. The summed E-state index contributed by atoms with van der Waals surface area (Å²) in [7, 11) is -11.2. The van der Waals surface area contributed by atoms with E-state index >= 15 is 0 Å². The highest BCUT2D eigenvalue weighted by molar-refractivity contribution is 7.93. The smallest absolute Gasteiger partial charge is 0.338 e. The van der Waals surface area contributed by atoms with Gasteiger partial charge < -0.3 is 4.98 Å². The zero-order valence-corrected chi connectivity index (χ0v) is 19.6. The van der Waals surface area contributed by atoms with Gasteiger partial charge in [0.2, 0.25) is 0 Å². The Morgan fingerprint density at radius 3 is 1.89 bits per heavy atom. The topological polar surface area (TPSA) is 121 Å². The van der Waals surface area contributed by atoms with E-state index in [-0.39, 0.29) is 22.8 Å². The lowest BCUT2D eigenvalue weighted by molar-refractivity contribution is -0.0435. The predicted molar refractivity (Wildman–Crippen MR) is 124 cm³/mol. The SMILES string of the molecule is O=S(=O)(Nc1ccc(-c2nc3ccc(-c4ccccc4NS(=O)(=O)C(F)(F)F)cc3[nH]2)cc1)C(F)(F)F. The molecule has 37 heavy (non-hydrogen) atoms. The van der Waals surface area contributed by atoms with Gasteiger partial charge >= 0.3 is 31.1 Å². The number of aromatic amines is 1. The fourth-order valence-electron chi connectivity index (χ4n) is 3.25. The average Bonchev–Trinajstić information content (AvgIpc) is 3.21. The van der Waals surface area contributed by atoms with Gasteiger partial charge in [-0.25, -0.2) is 4.98 Å². The number of hydrogen-bond donors (Lipinski definition) is 3. The molecule has 0 aliphatic heterocycles. The van der Waals surface area contributed by atoms with Crippen LogP contribution in [-0.4, -0.2) is 37.8 Å². The molecule has 8 nitrogen and oxygen atoms in total. The molecule has 0 unspecified atom stereocenters. The number of anilines is 2. The summed E-state index contributed by atoms with van der Waals surface area (Å²) < 4.78 is 125. The maximum absolute atomic E-state index is 12.8. The summed E-state index contributed by atoms with van der Waals surface area (Å²) in [6, 6.07) is 14.9. The largest absolute Gasteiger partial charge is 0.516 e. The Morgan fingerprint density at radius 2 is 1.27 bits per heavy atom. The van der Waals surface area contributed by atoms with E-state index < -0.39 is 31.1 Å². The molecule has 0 amide bonds. The number of sulfonamides is 2. The number of fused-ring (bicyclic) bond motifs is 1. The van der Waals surface area contributed by atoms with E-state index in [0.717, 1.165) is 12.1 Å². The molecule has 0 saturated heterocycles. The second-order valence-electron chi connectivity index (χ2n) is 7.54. The minimum atomic E-state index is -5.65. The van der Waals surface area contributed by atoms with Gasteiger partial charge in [-0.15, -0.1) is 0 Å². The van der Waals surface area contributed by atoms with Crippen molar-refractivity contribution >= 4 is 42.5 Å². The Bertz CT molecular complexity index is 1680. The van der Waals surface area contributed by atoms with Crippen molar-refractivity contribution in [2.24, 2.45) is 0 Å². The maximum Gasteiger partial charge on any atom is 0.516 e. The lowest BCUT2D eigenvalue weighted by Gasteiger charge is -2.14. The first kappa shape index (κ1) is 26.3. The third-order valence-electron chi connectivity index (χ3n) is 4.98. The third-order valence-corrected chi connectivity index (χ3v) is 7.20. The van der Waals surface area contributed by atoms with Gasteiger partial charge in [0.05, 0.1) is 16.7 Å². The van der Waals surface area contributed by atoms with Gasteiger partial charge in [0, 0.05) is 16.8 Å². The van der Waals surface area contributed by atoms with Crippen LogP contribution < -0.4 is 9.44 Å². The van der Waals surface area contributed by atoms with Crippen LogP contribution in [0.4, 0.5) is 37.7 Å². The molecule has 3 aromatic carbocycles. The number of nitrogens with one attached hydrogen (secondary N) is 3. The van der Waals surface area contributed by atoms with Crippen LogP contribution in [0.2, 0.25) is 0 Å². The molecule has 4 rings (SSSR count). The van der Waals surface area contributed by atoms with E-state index in [9.17, 15) is 43.2 Å². The molecule has 0 aliphatic carbocycles. The normalized spacial score (nSPS) is 13.0. The molecule has 0 saturated carbocycles. The molecule has 0 fully saturated rings. The van der Waals surface area contributed by atoms with Gasteiger partial charge in [0.25, 0.3) is 0 Å². The first-order valence-electron chi connectivity index (χ1n) is 9.95. The van der Waals surface area contributed by atoms with E-state index in [4.69, 9.17) is 0 Å². The van der Waals surface area contributed by atoms with E-state index in [1.54, 1.807) is 0 Å². The summed E-state index contributed by atoms with van der Waals surface area (Å²) >= 11 is 0. The molecule has 4 aromatic rings. The Kier molecular flexibility index (Phi) is 6.36. The van der Waals surface area contributed by atoms with E-state index in [1.165, 1.54) is 64.0 Å². The standard InChI is InChI=1S/C21H14F6N4O4S2/c22-20(23,24)36(32,33)30-14-8-5-12(6-9-14)19-28-17-10-7-13(11-18(17)29-19)15-3-1-2-4-16(15)31-37(34,35)21(25,26)27/h1-11,30-31H,(H,28,29). The molecule has 196 valence electrons. The van der Waals surface area contributed by atoms with Crippen LogP contribution in [0, 0.1) is 0 Å². The lowest BCUT2D eigenvalue weighted by Crippen LogP contribution is -2.30. The number of para-hydroxylation sites is 1. The van der Waals surface area contributed by atoms with E-state index in [1.807, 2.05) is 0 Å². The van der Waals surface area contributed by atoms with Crippen molar-refractivity contribution in [1.82, 2.24) is 9.97 Å². The monoisotopic (exact) mass is 564 g/mol. The number of halogens is 6. The van der Waals surface area contributed by atoms with Crippen molar-refractivity contribution in [3.05, 3.63) is 66.7 Å². The minimum absolute atomic E-state index is 0.162. The predicted octanol–water partition coefficient (Wildman–Crippen LogP) is 5.42. The maximum atomic E-state index is 12.8. The fourth-order valence-corrected chi connectivity index (χ4v) is 4.39. The number of benzene rings is 3. The molecule has 1 heterocycles. The van der Waals surface area contributed by atoms with Gasteiger partial charge in [0.1, 0.15) is 5.82 Å². The number of rotatable bonds is 6. The fraction of sp³-hybridized carbons (Fsp3) is 0.0952. The molecule has 0 aliphatic rings. The summed E-state index contributed by atoms with van der Waals surface area (Å²) in [5.41, 5.74) is -9.84.